The van der Waals surface area contributed by atoms with Gasteiger partial charge in [0.25, 0.3) is 0 Å². The first-order valence-corrected chi connectivity index (χ1v) is 3.16. The lowest BCUT2D eigenvalue weighted by molar-refractivity contribution is 0.452. The third kappa shape index (κ3) is 0.792. The Morgan fingerprint density at radius 1 is 1.17 bits per heavy atom. The second kappa shape index (κ2) is 2.23. The van der Waals surface area contributed by atoms with Gasteiger partial charge in [0.2, 0.25) is 0 Å². The molecule has 1 heterocycles. The number of halogens is 3. The van der Waals surface area contributed by atoms with Gasteiger partial charge >= 0.3 is 0 Å². The van der Waals surface area contributed by atoms with Crippen molar-refractivity contribution in [3.63, 3.8) is 0 Å². The van der Waals surface area contributed by atoms with Crippen LogP contribution in [0.5, 0.6) is 0 Å². The molecule has 0 unspecified atom stereocenters. The van der Waals surface area contributed by atoms with Crippen LogP contribution in [0.25, 0.3) is 11.0 Å². The molecule has 12 heavy (non-hydrogen) atoms. The number of hydrogen-bond acceptors (Lipinski definition) is 1. The molecule has 2 aromatic rings. The van der Waals surface area contributed by atoms with E-state index in [-0.39, 0.29) is 11.0 Å². The van der Waals surface area contributed by atoms with Crippen molar-refractivity contribution in [3.05, 3.63) is 29.8 Å². The monoisotopic (exact) mass is 172 g/mol. The fraction of sp³-hybridized carbons (Fsp3) is 0. The summed E-state index contributed by atoms with van der Waals surface area (Å²) in [5, 5.41) is 0. The SMILES string of the molecule is Fc1cc2[nH]cnc2c(F)c1F. The second-order valence-electron chi connectivity index (χ2n) is 2.29. The minimum Gasteiger partial charge on any atom is -0.344 e. The minimum absolute atomic E-state index is 0.145. The Morgan fingerprint density at radius 3 is 2.67 bits per heavy atom. The van der Waals surface area contributed by atoms with Gasteiger partial charge in [0.05, 0.1) is 11.8 Å². The number of H-pyrrole nitrogens is 1. The Bertz CT molecular complexity index is 435. The highest BCUT2D eigenvalue weighted by Gasteiger charge is 2.14. The Balaban J connectivity index is 2.94. The first kappa shape index (κ1) is 7.15. The number of nitrogens with one attached hydrogen (secondary N) is 1. The van der Waals surface area contributed by atoms with Crippen LogP contribution < -0.4 is 0 Å². The van der Waals surface area contributed by atoms with Crippen molar-refractivity contribution in [2.75, 3.05) is 0 Å². The van der Waals surface area contributed by atoms with Crippen LogP contribution in [0.15, 0.2) is 12.4 Å². The summed E-state index contributed by atoms with van der Waals surface area (Å²) < 4.78 is 37.9. The van der Waals surface area contributed by atoms with Crippen molar-refractivity contribution in [3.8, 4) is 0 Å². The molecule has 0 fully saturated rings. The molecule has 5 heteroatoms. The predicted octanol–water partition coefficient (Wildman–Crippen LogP) is 1.98. The molecule has 0 saturated heterocycles. The number of rotatable bonds is 0. The van der Waals surface area contributed by atoms with E-state index in [2.05, 4.69) is 9.97 Å². The van der Waals surface area contributed by atoms with E-state index in [9.17, 15) is 13.2 Å². The van der Waals surface area contributed by atoms with Crippen molar-refractivity contribution in [2.45, 2.75) is 0 Å². The molecule has 0 spiro atoms. The Hall–Kier alpha value is -1.52. The van der Waals surface area contributed by atoms with Crippen LogP contribution in [0.4, 0.5) is 13.2 Å². The van der Waals surface area contributed by atoms with E-state index in [1.807, 2.05) is 0 Å². The summed E-state index contributed by atoms with van der Waals surface area (Å²) in [6.45, 7) is 0. The molecular weight excluding hydrogens is 169 g/mol. The molecular formula is C7H3F3N2. The summed E-state index contributed by atoms with van der Waals surface area (Å²) in [7, 11) is 0. The number of benzene rings is 1. The van der Waals surface area contributed by atoms with Crippen LogP contribution in [-0.2, 0) is 0 Å². The van der Waals surface area contributed by atoms with Gasteiger partial charge in [-0.3, -0.25) is 0 Å². The normalized spacial score (nSPS) is 10.9. The van der Waals surface area contributed by atoms with Gasteiger partial charge in [0.1, 0.15) is 5.52 Å². The van der Waals surface area contributed by atoms with Crippen molar-refractivity contribution in [1.29, 1.82) is 0 Å². The number of hydrogen-bond donors (Lipinski definition) is 1. The van der Waals surface area contributed by atoms with E-state index in [4.69, 9.17) is 0 Å². The molecule has 0 aliphatic rings. The third-order valence-corrected chi connectivity index (χ3v) is 1.55. The standard InChI is InChI=1S/C7H3F3N2/c8-3-1-4-7(12-2-11-4)6(10)5(3)9/h1-2H,(H,11,12). The summed E-state index contributed by atoms with van der Waals surface area (Å²) in [5.74, 6) is -3.97. The molecule has 0 amide bonds. The zero-order valence-electron chi connectivity index (χ0n) is 5.74. The van der Waals surface area contributed by atoms with Crippen molar-refractivity contribution < 1.29 is 13.2 Å². The molecule has 1 N–H and O–H groups in total. The first-order chi connectivity index (χ1) is 5.70. The van der Waals surface area contributed by atoms with Crippen LogP contribution in [0.2, 0.25) is 0 Å². The van der Waals surface area contributed by atoms with Gasteiger partial charge < -0.3 is 4.98 Å². The highest BCUT2D eigenvalue weighted by atomic mass is 19.2. The van der Waals surface area contributed by atoms with E-state index in [0.717, 1.165) is 6.07 Å². The lowest BCUT2D eigenvalue weighted by atomic mass is 10.3. The number of aromatic nitrogens is 2. The van der Waals surface area contributed by atoms with E-state index < -0.39 is 17.5 Å². The third-order valence-electron chi connectivity index (χ3n) is 1.55. The maximum absolute atomic E-state index is 12.8. The van der Waals surface area contributed by atoms with Crippen LogP contribution >= 0.6 is 0 Å². The average Bonchev–Trinajstić information content (AvgIpc) is 2.48. The van der Waals surface area contributed by atoms with Gasteiger partial charge in [0, 0.05) is 6.07 Å². The molecule has 0 saturated carbocycles. The van der Waals surface area contributed by atoms with Gasteiger partial charge in [-0.1, -0.05) is 0 Å². The summed E-state index contributed by atoms with van der Waals surface area (Å²) in [4.78, 5) is 5.95. The zero-order valence-corrected chi connectivity index (χ0v) is 5.74. The van der Waals surface area contributed by atoms with E-state index in [1.54, 1.807) is 0 Å². The van der Waals surface area contributed by atoms with Gasteiger partial charge in [-0.15, -0.1) is 0 Å². The fourth-order valence-electron chi connectivity index (χ4n) is 0.988. The maximum Gasteiger partial charge on any atom is 0.196 e. The second-order valence-corrected chi connectivity index (χ2v) is 2.29. The van der Waals surface area contributed by atoms with Gasteiger partial charge in [-0.05, 0) is 0 Å². The Labute approximate surface area is 65.0 Å². The largest absolute Gasteiger partial charge is 0.344 e. The lowest BCUT2D eigenvalue weighted by Crippen LogP contribution is -1.91. The molecule has 1 aromatic heterocycles. The summed E-state index contributed by atoms with van der Waals surface area (Å²) in [6, 6.07) is 0.862. The van der Waals surface area contributed by atoms with Crippen LogP contribution in [0.3, 0.4) is 0 Å². The van der Waals surface area contributed by atoms with Gasteiger partial charge in [0.15, 0.2) is 17.5 Å². The van der Waals surface area contributed by atoms with E-state index in [0.29, 0.717) is 0 Å². The highest BCUT2D eigenvalue weighted by molar-refractivity contribution is 5.75. The Kier molecular flexibility index (Phi) is 1.33. The van der Waals surface area contributed by atoms with E-state index in [1.165, 1.54) is 6.33 Å². The summed E-state index contributed by atoms with van der Waals surface area (Å²) >= 11 is 0. The number of nitrogens with zero attached hydrogens (tertiary/aromatic N) is 1. The van der Waals surface area contributed by atoms with Gasteiger partial charge in [-0.2, -0.15) is 0 Å². The molecule has 0 aliphatic carbocycles. The number of imidazole rings is 1. The van der Waals surface area contributed by atoms with Crippen molar-refractivity contribution in [1.82, 2.24) is 9.97 Å². The Morgan fingerprint density at radius 2 is 1.92 bits per heavy atom. The van der Waals surface area contributed by atoms with Crippen molar-refractivity contribution in [2.24, 2.45) is 0 Å². The zero-order chi connectivity index (χ0) is 8.72. The smallest absolute Gasteiger partial charge is 0.196 e. The topological polar surface area (TPSA) is 28.7 Å². The number of aromatic amines is 1. The first-order valence-electron chi connectivity index (χ1n) is 3.16. The van der Waals surface area contributed by atoms with E-state index >= 15 is 0 Å². The molecule has 0 bridgehead atoms. The lowest BCUT2D eigenvalue weighted by Gasteiger charge is -1.94. The minimum atomic E-state index is -1.49. The number of fused-ring (bicyclic) bond motifs is 1. The predicted molar refractivity (Wildman–Crippen MR) is 36.0 cm³/mol. The van der Waals surface area contributed by atoms with Crippen LogP contribution in [0, 0.1) is 17.5 Å². The summed E-state index contributed by atoms with van der Waals surface area (Å²) in [6.07, 6.45) is 1.17. The van der Waals surface area contributed by atoms with Crippen molar-refractivity contribution >= 4 is 11.0 Å². The highest BCUT2D eigenvalue weighted by Crippen LogP contribution is 2.19. The molecule has 2 nitrogen and oxygen atoms in total. The molecule has 1 aromatic carbocycles. The van der Waals surface area contributed by atoms with Crippen LogP contribution in [-0.4, -0.2) is 9.97 Å². The molecule has 62 valence electrons. The maximum atomic E-state index is 12.8. The summed E-state index contributed by atoms with van der Waals surface area (Å²) in [5.41, 5.74) is -0.0414. The van der Waals surface area contributed by atoms with Crippen LogP contribution in [0.1, 0.15) is 0 Å². The molecule has 0 aliphatic heterocycles. The molecule has 2 rings (SSSR count). The molecule has 0 atom stereocenters. The van der Waals surface area contributed by atoms with Gasteiger partial charge in [-0.25, -0.2) is 18.2 Å². The average molecular weight is 172 g/mol. The molecule has 0 radical (unpaired) electrons. The quantitative estimate of drug-likeness (QED) is 0.604. The fourth-order valence-corrected chi connectivity index (χ4v) is 0.988.